The summed E-state index contributed by atoms with van der Waals surface area (Å²) in [4.78, 5) is 29.1. The smallest absolute Gasteiger partial charge is 0.227 e. The zero-order valence-electron chi connectivity index (χ0n) is 16.9. The number of nitrogens with one attached hydrogen (secondary N) is 1. The number of methoxy groups -OCH3 is 1. The molecule has 2 aromatic rings. The summed E-state index contributed by atoms with van der Waals surface area (Å²) in [5.41, 5.74) is 3.42. The fraction of sp³-hybridized carbons (Fsp3) is 0.391. The lowest BCUT2D eigenvalue weighted by molar-refractivity contribution is -0.126. The number of ether oxygens (including phenoxy) is 1. The predicted octanol–water partition coefficient (Wildman–Crippen LogP) is 2.62. The summed E-state index contributed by atoms with van der Waals surface area (Å²) in [7, 11) is 1.61. The Morgan fingerprint density at radius 3 is 2.66 bits per heavy atom. The van der Waals surface area contributed by atoms with E-state index in [1.165, 1.54) is 11.3 Å². The van der Waals surface area contributed by atoms with Gasteiger partial charge in [-0.2, -0.15) is 0 Å². The van der Waals surface area contributed by atoms with Gasteiger partial charge in [-0.05, 0) is 49.2 Å². The summed E-state index contributed by atoms with van der Waals surface area (Å²) in [5.74, 6) is 0.368. The third-order valence-corrected chi connectivity index (χ3v) is 5.88. The van der Waals surface area contributed by atoms with Crippen LogP contribution in [-0.2, 0) is 16.0 Å². The number of amides is 2. The van der Waals surface area contributed by atoms with Crippen LogP contribution in [0.15, 0.2) is 48.5 Å². The highest BCUT2D eigenvalue weighted by molar-refractivity contribution is 6.00. The highest BCUT2D eigenvalue weighted by Gasteiger charge is 2.35. The van der Waals surface area contributed by atoms with Crippen LogP contribution in [0.5, 0.6) is 5.75 Å². The lowest BCUT2D eigenvalue weighted by Crippen LogP contribution is -2.40. The van der Waals surface area contributed by atoms with Gasteiger partial charge in [-0.25, -0.2) is 0 Å². The highest BCUT2D eigenvalue weighted by Crippen LogP contribution is 2.31. The molecule has 0 saturated carbocycles. The lowest BCUT2D eigenvalue weighted by atomic mass is 10.1. The fourth-order valence-electron chi connectivity index (χ4n) is 4.31. The van der Waals surface area contributed by atoms with Crippen LogP contribution in [0.1, 0.15) is 18.9 Å². The highest BCUT2D eigenvalue weighted by atomic mass is 16.5. The third-order valence-electron chi connectivity index (χ3n) is 5.88. The van der Waals surface area contributed by atoms with Crippen molar-refractivity contribution < 1.29 is 14.3 Å². The topological polar surface area (TPSA) is 61.9 Å². The minimum absolute atomic E-state index is 0.0163. The van der Waals surface area contributed by atoms with Gasteiger partial charge in [0, 0.05) is 43.5 Å². The van der Waals surface area contributed by atoms with Crippen LogP contribution in [0, 0.1) is 5.92 Å². The summed E-state index contributed by atoms with van der Waals surface area (Å²) in [6, 6.07) is 16.2. The van der Waals surface area contributed by atoms with Gasteiger partial charge in [-0.15, -0.1) is 0 Å². The van der Waals surface area contributed by atoms with Gasteiger partial charge in [0.05, 0.1) is 13.0 Å². The van der Waals surface area contributed by atoms with Gasteiger partial charge in [-0.3, -0.25) is 9.59 Å². The van der Waals surface area contributed by atoms with Gasteiger partial charge >= 0.3 is 0 Å². The lowest BCUT2D eigenvalue weighted by Gasteiger charge is -2.25. The normalized spacial score (nSPS) is 20.7. The molecule has 2 aliphatic rings. The van der Waals surface area contributed by atoms with E-state index in [1.54, 1.807) is 12.0 Å². The van der Waals surface area contributed by atoms with Crippen LogP contribution in [0.2, 0.25) is 0 Å². The third kappa shape index (κ3) is 3.92. The molecule has 2 unspecified atom stereocenters. The maximum absolute atomic E-state index is 12.6. The Kier molecular flexibility index (Phi) is 5.43. The van der Waals surface area contributed by atoms with E-state index in [4.69, 9.17) is 4.74 Å². The average molecular weight is 393 g/mol. The van der Waals surface area contributed by atoms with Crippen molar-refractivity contribution >= 4 is 23.2 Å². The van der Waals surface area contributed by atoms with E-state index in [9.17, 15) is 9.59 Å². The SMILES string of the molecule is COc1ccc(N2CC(C(=O)NCCN3c4ccccc4CC3C)CC2=O)cc1. The standard InChI is InChI=1S/C23H27N3O3/c1-16-13-17-5-3-4-6-21(17)25(16)12-11-24-23(28)18-14-22(27)26(15-18)19-7-9-20(29-2)10-8-19/h3-10,16,18H,11-15H2,1-2H3,(H,24,28). The first-order valence-corrected chi connectivity index (χ1v) is 10.1. The molecule has 1 N–H and O–H groups in total. The minimum atomic E-state index is -0.312. The quantitative estimate of drug-likeness (QED) is 0.820. The number of rotatable bonds is 6. The molecule has 6 heteroatoms. The fourth-order valence-corrected chi connectivity index (χ4v) is 4.31. The monoisotopic (exact) mass is 393 g/mol. The van der Waals surface area contributed by atoms with Crippen LogP contribution in [0.25, 0.3) is 0 Å². The minimum Gasteiger partial charge on any atom is -0.497 e. The van der Waals surface area contributed by atoms with Crippen molar-refractivity contribution in [2.45, 2.75) is 25.8 Å². The van der Waals surface area contributed by atoms with E-state index in [1.807, 2.05) is 24.3 Å². The van der Waals surface area contributed by atoms with Gasteiger partial charge in [0.1, 0.15) is 5.75 Å². The van der Waals surface area contributed by atoms with Crippen LogP contribution in [-0.4, -0.2) is 44.6 Å². The first kappa shape index (κ1) is 19.3. The van der Waals surface area contributed by atoms with Crippen molar-refractivity contribution in [1.82, 2.24) is 5.32 Å². The van der Waals surface area contributed by atoms with Gasteiger partial charge in [0.25, 0.3) is 0 Å². The van der Waals surface area contributed by atoms with Gasteiger partial charge < -0.3 is 19.9 Å². The van der Waals surface area contributed by atoms with Crippen LogP contribution in [0.4, 0.5) is 11.4 Å². The summed E-state index contributed by atoms with van der Waals surface area (Å²) in [6.45, 7) is 3.97. The molecule has 4 rings (SSSR count). The van der Waals surface area contributed by atoms with E-state index in [0.29, 0.717) is 19.1 Å². The van der Waals surface area contributed by atoms with Crippen LogP contribution >= 0.6 is 0 Å². The molecule has 0 bridgehead atoms. The molecule has 2 aromatic carbocycles. The molecule has 0 aliphatic carbocycles. The van der Waals surface area contributed by atoms with Crippen molar-refractivity contribution in [3.05, 3.63) is 54.1 Å². The number of hydrogen-bond donors (Lipinski definition) is 1. The van der Waals surface area contributed by atoms with E-state index in [-0.39, 0.29) is 24.2 Å². The number of para-hydroxylation sites is 1. The van der Waals surface area contributed by atoms with Crippen LogP contribution in [0.3, 0.4) is 0 Å². The molecule has 2 aliphatic heterocycles. The largest absolute Gasteiger partial charge is 0.497 e. The second-order valence-electron chi connectivity index (χ2n) is 7.77. The Balaban J connectivity index is 1.31. The van der Waals surface area contributed by atoms with Crippen LogP contribution < -0.4 is 19.9 Å². The van der Waals surface area contributed by atoms with Gasteiger partial charge in [-0.1, -0.05) is 18.2 Å². The summed E-state index contributed by atoms with van der Waals surface area (Å²) >= 11 is 0. The Morgan fingerprint density at radius 1 is 1.14 bits per heavy atom. The molecular weight excluding hydrogens is 366 g/mol. The Bertz CT molecular complexity index is 896. The molecule has 2 heterocycles. The number of hydrogen-bond acceptors (Lipinski definition) is 4. The zero-order valence-corrected chi connectivity index (χ0v) is 16.9. The molecule has 0 spiro atoms. The Morgan fingerprint density at radius 2 is 1.90 bits per heavy atom. The van der Waals surface area contributed by atoms with Gasteiger partial charge in [0.15, 0.2) is 0 Å². The number of carbonyl (C=O) groups is 2. The van der Waals surface area contributed by atoms with E-state index in [0.717, 1.165) is 24.4 Å². The molecule has 6 nitrogen and oxygen atoms in total. The molecule has 29 heavy (non-hydrogen) atoms. The predicted molar refractivity (Wildman–Crippen MR) is 113 cm³/mol. The summed E-state index contributed by atoms with van der Waals surface area (Å²) in [5, 5.41) is 3.03. The Hall–Kier alpha value is -3.02. The molecule has 1 saturated heterocycles. The molecule has 1 fully saturated rings. The second-order valence-corrected chi connectivity index (χ2v) is 7.77. The van der Waals surface area contributed by atoms with Crippen molar-refractivity contribution in [3.63, 3.8) is 0 Å². The number of nitrogens with zero attached hydrogens (tertiary/aromatic N) is 2. The second kappa shape index (κ2) is 8.15. The maximum atomic E-state index is 12.6. The van der Waals surface area contributed by atoms with Crippen molar-refractivity contribution in [2.24, 2.45) is 5.92 Å². The average Bonchev–Trinajstić information content (AvgIpc) is 3.28. The molecular formula is C23H27N3O3. The number of fused-ring (bicyclic) bond motifs is 1. The van der Waals surface area contributed by atoms with Crippen molar-refractivity contribution in [3.8, 4) is 5.75 Å². The van der Waals surface area contributed by atoms with Crippen molar-refractivity contribution in [2.75, 3.05) is 36.5 Å². The first-order chi connectivity index (χ1) is 14.1. The molecule has 2 amide bonds. The zero-order chi connectivity index (χ0) is 20.4. The molecule has 0 aromatic heterocycles. The van der Waals surface area contributed by atoms with Gasteiger partial charge in [0.2, 0.25) is 11.8 Å². The number of anilines is 2. The number of benzene rings is 2. The maximum Gasteiger partial charge on any atom is 0.227 e. The van der Waals surface area contributed by atoms with E-state index < -0.39 is 0 Å². The van der Waals surface area contributed by atoms with Crippen molar-refractivity contribution in [1.29, 1.82) is 0 Å². The Labute approximate surface area is 171 Å². The van der Waals surface area contributed by atoms with E-state index >= 15 is 0 Å². The van der Waals surface area contributed by atoms with E-state index in [2.05, 4.69) is 41.4 Å². The summed E-state index contributed by atoms with van der Waals surface area (Å²) in [6.07, 6.45) is 1.29. The summed E-state index contributed by atoms with van der Waals surface area (Å²) < 4.78 is 5.16. The number of carbonyl (C=O) groups excluding carboxylic acids is 2. The molecule has 152 valence electrons. The molecule has 2 atom stereocenters. The molecule has 0 radical (unpaired) electrons. The first-order valence-electron chi connectivity index (χ1n) is 10.1.